The van der Waals surface area contributed by atoms with Gasteiger partial charge in [0.05, 0.1) is 15.1 Å². The van der Waals surface area contributed by atoms with Crippen molar-refractivity contribution in [3.8, 4) is 5.75 Å². The second-order valence-corrected chi connectivity index (χ2v) is 7.53. The molecule has 5 nitrogen and oxygen atoms in total. The molecule has 2 amide bonds. The molecule has 2 rings (SSSR count). The van der Waals surface area contributed by atoms with E-state index in [9.17, 15) is 9.59 Å². The number of rotatable bonds is 9. The van der Waals surface area contributed by atoms with E-state index in [0.29, 0.717) is 33.8 Å². The predicted octanol–water partition coefficient (Wildman–Crippen LogP) is 4.97. The Hall–Kier alpha value is -1.95. The van der Waals surface area contributed by atoms with E-state index in [-0.39, 0.29) is 25.0 Å². The van der Waals surface area contributed by atoms with Gasteiger partial charge in [-0.3, -0.25) is 9.59 Å². The maximum Gasteiger partial charge on any atom is 0.261 e. The van der Waals surface area contributed by atoms with E-state index in [2.05, 4.69) is 5.32 Å². The van der Waals surface area contributed by atoms with Gasteiger partial charge in [0, 0.05) is 13.1 Å². The van der Waals surface area contributed by atoms with Gasteiger partial charge in [0.2, 0.25) is 5.91 Å². The van der Waals surface area contributed by atoms with Gasteiger partial charge in [-0.1, -0.05) is 59.9 Å². The SMILES string of the molecule is CCNC(=O)C(CC)N(Cc1ccc(Cl)c(Cl)c1)C(=O)COc1ccccc1Cl. The molecule has 0 saturated carbocycles. The summed E-state index contributed by atoms with van der Waals surface area (Å²) in [4.78, 5) is 27.0. The minimum absolute atomic E-state index is 0.192. The molecule has 156 valence electrons. The molecule has 0 bridgehead atoms. The van der Waals surface area contributed by atoms with Gasteiger partial charge < -0.3 is 15.0 Å². The Kier molecular flexibility index (Phi) is 9.08. The molecule has 0 aliphatic carbocycles. The van der Waals surface area contributed by atoms with Gasteiger partial charge in [0.25, 0.3) is 5.91 Å². The first-order valence-electron chi connectivity index (χ1n) is 9.25. The van der Waals surface area contributed by atoms with Crippen LogP contribution < -0.4 is 10.1 Å². The smallest absolute Gasteiger partial charge is 0.261 e. The third-order valence-corrected chi connectivity index (χ3v) is 5.31. The zero-order chi connectivity index (χ0) is 21.4. The number of hydrogen-bond donors (Lipinski definition) is 1. The zero-order valence-corrected chi connectivity index (χ0v) is 18.5. The Morgan fingerprint density at radius 1 is 1.03 bits per heavy atom. The van der Waals surface area contributed by atoms with Crippen molar-refractivity contribution in [2.24, 2.45) is 0 Å². The highest BCUT2D eigenvalue weighted by Crippen LogP contribution is 2.25. The van der Waals surface area contributed by atoms with E-state index >= 15 is 0 Å². The van der Waals surface area contributed by atoms with Crippen LogP contribution in [0.3, 0.4) is 0 Å². The van der Waals surface area contributed by atoms with Crippen LogP contribution in [-0.2, 0) is 16.1 Å². The highest BCUT2D eigenvalue weighted by molar-refractivity contribution is 6.42. The van der Waals surface area contributed by atoms with Crippen LogP contribution in [0, 0.1) is 0 Å². The van der Waals surface area contributed by atoms with Crippen LogP contribution in [0.4, 0.5) is 0 Å². The molecular weight excluding hydrogens is 435 g/mol. The molecule has 29 heavy (non-hydrogen) atoms. The van der Waals surface area contributed by atoms with Crippen LogP contribution in [0.1, 0.15) is 25.8 Å². The maximum atomic E-state index is 13.0. The normalized spacial score (nSPS) is 11.6. The van der Waals surface area contributed by atoms with Crippen molar-refractivity contribution in [3.63, 3.8) is 0 Å². The highest BCUT2D eigenvalue weighted by Gasteiger charge is 2.28. The number of hydrogen-bond acceptors (Lipinski definition) is 3. The Bertz CT molecular complexity index is 861. The molecular formula is C21H23Cl3N2O3. The second kappa shape index (κ2) is 11.3. The van der Waals surface area contributed by atoms with E-state index in [4.69, 9.17) is 39.5 Å². The number of para-hydroxylation sites is 1. The van der Waals surface area contributed by atoms with Crippen LogP contribution >= 0.6 is 34.8 Å². The van der Waals surface area contributed by atoms with Crippen molar-refractivity contribution in [1.29, 1.82) is 0 Å². The summed E-state index contributed by atoms with van der Waals surface area (Å²) in [5, 5.41) is 4.00. The first-order valence-corrected chi connectivity index (χ1v) is 10.4. The Labute approximate surface area is 185 Å². The largest absolute Gasteiger partial charge is 0.482 e. The number of carbonyl (C=O) groups is 2. The number of likely N-dealkylation sites (N-methyl/N-ethyl adjacent to an activating group) is 1. The molecule has 8 heteroatoms. The van der Waals surface area contributed by atoms with Crippen molar-refractivity contribution >= 4 is 46.6 Å². The molecule has 0 aliphatic rings. The van der Waals surface area contributed by atoms with E-state index in [1.807, 2.05) is 13.8 Å². The maximum absolute atomic E-state index is 13.0. The number of benzene rings is 2. The first kappa shape index (κ1) is 23.3. The van der Waals surface area contributed by atoms with Crippen molar-refractivity contribution in [2.45, 2.75) is 32.9 Å². The summed E-state index contributed by atoms with van der Waals surface area (Å²) in [5.41, 5.74) is 0.758. The number of carbonyl (C=O) groups excluding carboxylic acids is 2. The lowest BCUT2D eigenvalue weighted by Gasteiger charge is -2.30. The minimum atomic E-state index is -0.647. The Morgan fingerprint density at radius 3 is 2.38 bits per heavy atom. The van der Waals surface area contributed by atoms with Gasteiger partial charge in [-0.25, -0.2) is 0 Å². The summed E-state index contributed by atoms with van der Waals surface area (Å²) in [7, 11) is 0. The fourth-order valence-corrected chi connectivity index (χ4v) is 3.34. The molecule has 0 aliphatic heterocycles. The van der Waals surface area contributed by atoms with Crippen LogP contribution in [0.5, 0.6) is 5.75 Å². The molecule has 0 spiro atoms. The number of amides is 2. The third kappa shape index (κ3) is 6.53. The summed E-state index contributed by atoms with van der Waals surface area (Å²) in [6, 6.07) is 11.4. The van der Waals surface area contributed by atoms with Crippen LogP contribution in [0.2, 0.25) is 15.1 Å². The summed E-state index contributed by atoms with van der Waals surface area (Å²) in [5.74, 6) is -0.154. The number of nitrogens with zero attached hydrogens (tertiary/aromatic N) is 1. The minimum Gasteiger partial charge on any atom is -0.482 e. The molecule has 0 saturated heterocycles. The summed E-state index contributed by atoms with van der Waals surface area (Å²) in [6.45, 7) is 4.10. The van der Waals surface area contributed by atoms with Gasteiger partial charge in [-0.05, 0) is 43.2 Å². The molecule has 0 aromatic heterocycles. The van der Waals surface area contributed by atoms with Crippen LogP contribution in [0.25, 0.3) is 0 Å². The average Bonchev–Trinajstić information content (AvgIpc) is 2.70. The summed E-state index contributed by atoms with van der Waals surface area (Å²) >= 11 is 18.2. The fourth-order valence-electron chi connectivity index (χ4n) is 2.83. The average molecular weight is 458 g/mol. The standard InChI is InChI=1S/C21H23Cl3N2O3/c1-3-18(21(28)25-4-2)26(12-14-9-10-15(22)17(24)11-14)20(27)13-29-19-8-6-5-7-16(19)23/h5-11,18H,3-4,12-13H2,1-2H3,(H,25,28). The molecule has 1 unspecified atom stereocenters. The van der Waals surface area contributed by atoms with Gasteiger partial charge in [0.15, 0.2) is 6.61 Å². The Balaban J connectivity index is 2.24. The van der Waals surface area contributed by atoms with Gasteiger partial charge in [-0.2, -0.15) is 0 Å². The molecule has 2 aromatic carbocycles. The molecule has 1 N–H and O–H groups in total. The van der Waals surface area contributed by atoms with E-state index in [1.54, 1.807) is 42.5 Å². The second-order valence-electron chi connectivity index (χ2n) is 6.31. The number of ether oxygens (including phenoxy) is 1. The lowest BCUT2D eigenvalue weighted by molar-refractivity contribution is -0.142. The number of halogens is 3. The molecule has 0 radical (unpaired) electrons. The van der Waals surface area contributed by atoms with Gasteiger partial charge in [-0.15, -0.1) is 0 Å². The zero-order valence-electron chi connectivity index (χ0n) is 16.3. The molecule has 2 aromatic rings. The van der Waals surface area contributed by atoms with Crippen LogP contribution in [-0.4, -0.2) is 35.9 Å². The van der Waals surface area contributed by atoms with Crippen LogP contribution in [0.15, 0.2) is 42.5 Å². The quantitative estimate of drug-likeness (QED) is 0.578. The lowest BCUT2D eigenvalue weighted by atomic mass is 10.1. The first-order chi connectivity index (χ1) is 13.9. The molecule has 1 atom stereocenters. The Morgan fingerprint density at radius 2 is 1.76 bits per heavy atom. The summed E-state index contributed by atoms with van der Waals surface area (Å²) in [6.07, 6.45) is 0.449. The summed E-state index contributed by atoms with van der Waals surface area (Å²) < 4.78 is 5.59. The van der Waals surface area contributed by atoms with Gasteiger partial charge >= 0.3 is 0 Å². The predicted molar refractivity (Wildman–Crippen MR) is 117 cm³/mol. The highest BCUT2D eigenvalue weighted by atomic mass is 35.5. The monoisotopic (exact) mass is 456 g/mol. The lowest BCUT2D eigenvalue weighted by Crippen LogP contribution is -2.50. The third-order valence-electron chi connectivity index (χ3n) is 4.26. The van der Waals surface area contributed by atoms with Crippen molar-refractivity contribution in [2.75, 3.05) is 13.2 Å². The topological polar surface area (TPSA) is 58.6 Å². The fraction of sp³-hybridized carbons (Fsp3) is 0.333. The van der Waals surface area contributed by atoms with Gasteiger partial charge in [0.1, 0.15) is 11.8 Å². The van der Waals surface area contributed by atoms with E-state index < -0.39 is 6.04 Å². The van der Waals surface area contributed by atoms with Crippen molar-refractivity contribution in [3.05, 3.63) is 63.1 Å². The van der Waals surface area contributed by atoms with Crippen molar-refractivity contribution < 1.29 is 14.3 Å². The van der Waals surface area contributed by atoms with E-state index in [0.717, 1.165) is 5.56 Å². The van der Waals surface area contributed by atoms with Crippen molar-refractivity contribution in [1.82, 2.24) is 10.2 Å². The molecule has 0 fully saturated rings. The number of nitrogens with one attached hydrogen (secondary N) is 1. The van der Waals surface area contributed by atoms with E-state index in [1.165, 1.54) is 4.90 Å². The molecule has 0 heterocycles.